The highest BCUT2D eigenvalue weighted by Crippen LogP contribution is 2.10. The normalized spacial score (nSPS) is 8.67. The van der Waals surface area contributed by atoms with E-state index in [1.54, 1.807) is 12.5 Å². The van der Waals surface area contributed by atoms with E-state index >= 15 is 0 Å². The second-order valence-electron chi connectivity index (χ2n) is 1.07. The largest absolute Gasteiger partial charge is 0.463 e. The van der Waals surface area contributed by atoms with E-state index in [9.17, 15) is 4.79 Å². The van der Waals surface area contributed by atoms with Gasteiger partial charge in [-0.3, -0.25) is 0 Å². The van der Waals surface area contributed by atoms with Crippen LogP contribution in [0, 0.1) is 0 Å². The molecule has 3 nitrogen and oxygen atoms in total. The second kappa shape index (κ2) is 4.69. The Morgan fingerprint density at radius 2 is 1.89 bits per heavy atom. The number of rotatable bonds is 0. The molecular weight excluding hydrogens is 158 g/mol. The van der Waals surface area contributed by atoms with Crippen molar-refractivity contribution < 1.29 is 9.90 Å². The van der Waals surface area contributed by atoms with Crippen molar-refractivity contribution in [2.45, 2.75) is 0 Å². The monoisotopic (exact) mass is 165 g/mol. The van der Waals surface area contributed by atoms with Crippen LogP contribution >= 0.6 is 23.5 Å². The fourth-order valence-electron chi connectivity index (χ4n) is 0.253. The number of carbonyl (C=O) groups is 1. The van der Waals surface area contributed by atoms with Gasteiger partial charge in [0.05, 0.1) is 0 Å². The van der Waals surface area contributed by atoms with Crippen molar-refractivity contribution in [2.24, 2.45) is 4.99 Å². The second-order valence-corrected chi connectivity index (χ2v) is 2.92. The van der Waals surface area contributed by atoms with Gasteiger partial charge in [-0.05, 0) is 12.5 Å². The van der Waals surface area contributed by atoms with E-state index in [4.69, 9.17) is 5.11 Å². The average Bonchev–Trinajstić information content (AvgIpc) is 1.82. The molecule has 0 radical (unpaired) electrons. The zero-order valence-corrected chi connectivity index (χ0v) is 6.75. The van der Waals surface area contributed by atoms with Crippen molar-refractivity contribution in [3.05, 3.63) is 0 Å². The third-order valence-corrected chi connectivity index (χ3v) is 2.42. The Morgan fingerprint density at radius 3 is 2.00 bits per heavy atom. The van der Waals surface area contributed by atoms with E-state index in [0.29, 0.717) is 4.38 Å². The minimum Gasteiger partial charge on any atom is -0.463 e. The summed E-state index contributed by atoms with van der Waals surface area (Å²) >= 11 is 2.66. The first-order valence-electron chi connectivity index (χ1n) is 2.10. The van der Waals surface area contributed by atoms with Gasteiger partial charge in [0.1, 0.15) is 4.38 Å². The summed E-state index contributed by atoms with van der Waals surface area (Å²) in [6.07, 6.45) is 2.45. The number of thioether (sulfide) groups is 2. The van der Waals surface area contributed by atoms with Gasteiger partial charge >= 0.3 is 6.09 Å². The van der Waals surface area contributed by atoms with Crippen LogP contribution in [0.5, 0.6) is 0 Å². The summed E-state index contributed by atoms with van der Waals surface area (Å²) in [6, 6.07) is 0. The predicted octanol–water partition coefficient (Wildman–Crippen LogP) is 1.75. The van der Waals surface area contributed by atoms with Crippen LogP contribution in [0.1, 0.15) is 0 Å². The van der Waals surface area contributed by atoms with Gasteiger partial charge in [0.2, 0.25) is 0 Å². The van der Waals surface area contributed by atoms with Gasteiger partial charge in [-0.2, -0.15) is 4.99 Å². The van der Waals surface area contributed by atoms with Gasteiger partial charge in [-0.15, -0.1) is 23.5 Å². The molecule has 0 fully saturated rings. The molecule has 0 aromatic carbocycles. The molecule has 52 valence electrons. The predicted molar refractivity (Wildman–Crippen MR) is 42.5 cm³/mol. The number of aliphatic imine (C=N–C) groups is 1. The van der Waals surface area contributed by atoms with E-state index in [2.05, 4.69) is 4.99 Å². The molecule has 0 aromatic rings. The van der Waals surface area contributed by atoms with Crippen LogP contribution in [0.25, 0.3) is 0 Å². The van der Waals surface area contributed by atoms with Gasteiger partial charge in [0.15, 0.2) is 0 Å². The Balaban J connectivity index is 3.91. The van der Waals surface area contributed by atoms with Crippen LogP contribution in [0.3, 0.4) is 0 Å². The van der Waals surface area contributed by atoms with Crippen molar-refractivity contribution in [3.63, 3.8) is 0 Å². The topological polar surface area (TPSA) is 49.7 Å². The molecule has 5 heteroatoms. The first kappa shape index (κ1) is 8.84. The molecule has 9 heavy (non-hydrogen) atoms. The van der Waals surface area contributed by atoms with E-state index in [0.717, 1.165) is 0 Å². The minimum atomic E-state index is -1.13. The first-order valence-corrected chi connectivity index (χ1v) is 4.55. The summed E-state index contributed by atoms with van der Waals surface area (Å²) in [5.41, 5.74) is 0. The molecule has 1 N–H and O–H groups in total. The Bertz CT molecular complexity index is 129. The highest BCUT2D eigenvalue weighted by atomic mass is 32.2. The number of hydrogen-bond acceptors (Lipinski definition) is 3. The molecule has 0 heterocycles. The highest BCUT2D eigenvalue weighted by Gasteiger charge is 1.95. The third-order valence-electron chi connectivity index (χ3n) is 0.536. The Kier molecular flexibility index (Phi) is 4.61. The molecule has 0 saturated heterocycles. The fraction of sp³-hybridized carbons (Fsp3) is 0.500. The molecule has 0 atom stereocenters. The van der Waals surface area contributed by atoms with Crippen LogP contribution in [-0.2, 0) is 0 Å². The smallest absolute Gasteiger partial charge is 0.432 e. The Morgan fingerprint density at radius 1 is 1.44 bits per heavy atom. The van der Waals surface area contributed by atoms with E-state index in [-0.39, 0.29) is 0 Å². The molecule has 0 unspecified atom stereocenters. The zero-order valence-electron chi connectivity index (χ0n) is 5.12. The van der Waals surface area contributed by atoms with Crippen molar-refractivity contribution in [2.75, 3.05) is 12.5 Å². The van der Waals surface area contributed by atoms with E-state index < -0.39 is 6.09 Å². The van der Waals surface area contributed by atoms with Crippen LogP contribution < -0.4 is 0 Å². The van der Waals surface area contributed by atoms with Crippen LogP contribution in [-0.4, -0.2) is 28.1 Å². The SMILES string of the molecule is CSC(=NC(=O)O)SC. The molecule has 0 aromatic heterocycles. The molecular formula is C4H7NO2S2. The third kappa shape index (κ3) is 4.35. The van der Waals surface area contributed by atoms with Crippen molar-refractivity contribution in [3.8, 4) is 0 Å². The molecule has 0 saturated carbocycles. The lowest BCUT2D eigenvalue weighted by molar-refractivity contribution is 0.206. The molecule has 0 rings (SSSR count). The lowest BCUT2D eigenvalue weighted by Gasteiger charge is -1.91. The summed E-state index contributed by atoms with van der Waals surface area (Å²) in [6.45, 7) is 0. The minimum absolute atomic E-state index is 0.572. The maximum atomic E-state index is 9.91. The fourth-order valence-corrected chi connectivity index (χ4v) is 1.26. The average molecular weight is 165 g/mol. The lowest BCUT2D eigenvalue weighted by atomic mass is 11.2. The molecule has 1 amide bonds. The summed E-state index contributed by atoms with van der Waals surface area (Å²) in [5, 5.41) is 8.13. The summed E-state index contributed by atoms with van der Waals surface area (Å²) in [7, 11) is 0. The zero-order chi connectivity index (χ0) is 7.28. The first-order chi connectivity index (χ1) is 4.20. The van der Waals surface area contributed by atoms with Gasteiger partial charge in [0.25, 0.3) is 0 Å². The van der Waals surface area contributed by atoms with Gasteiger partial charge in [-0.1, -0.05) is 0 Å². The quantitative estimate of drug-likeness (QED) is 0.439. The van der Waals surface area contributed by atoms with Gasteiger partial charge in [0, 0.05) is 0 Å². The van der Waals surface area contributed by atoms with Crippen molar-refractivity contribution in [1.29, 1.82) is 0 Å². The standard InChI is InChI=1S/C4H7NO2S2/c1-8-4(9-2)5-3(6)7/h1-2H3,(H,6,7). The number of hydrogen-bond donors (Lipinski definition) is 1. The summed E-state index contributed by atoms with van der Waals surface area (Å²) in [5.74, 6) is 0. The van der Waals surface area contributed by atoms with E-state index in [1.165, 1.54) is 23.5 Å². The molecule has 0 aliphatic heterocycles. The highest BCUT2D eigenvalue weighted by molar-refractivity contribution is 8.38. The molecule has 0 aliphatic carbocycles. The number of amides is 1. The number of nitrogens with zero attached hydrogens (tertiary/aromatic N) is 1. The maximum Gasteiger partial charge on any atom is 0.432 e. The molecule has 0 spiro atoms. The Hall–Kier alpha value is -0.160. The number of carboxylic acid groups (broad SMARTS) is 1. The van der Waals surface area contributed by atoms with Gasteiger partial charge in [-0.25, -0.2) is 4.79 Å². The van der Waals surface area contributed by atoms with Crippen LogP contribution in [0.4, 0.5) is 4.79 Å². The van der Waals surface area contributed by atoms with Gasteiger partial charge < -0.3 is 5.11 Å². The van der Waals surface area contributed by atoms with Crippen molar-refractivity contribution in [1.82, 2.24) is 0 Å². The summed E-state index contributed by atoms with van der Waals surface area (Å²) in [4.78, 5) is 13.2. The molecule has 0 bridgehead atoms. The molecule has 0 aliphatic rings. The lowest BCUT2D eigenvalue weighted by Crippen LogP contribution is -1.90. The Labute approximate surface area is 61.9 Å². The van der Waals surface area contributed by atoms with Crippen LogP contribution in [0.15, 0.2) is 4.99 Å². The van der Waals surface area contributed by atoms with Crippen molar-refractivity contribution >= 4 is 34.0 Å². The van der Waals surface area contributed by atoms with Crippen LogP contribution in [0.2, 0.25) is 0 Å². The maximum absolute atomic E-state index is 9.91. The van der Waals surface area contributed by atoms with E-state index in [1.807, 2.05) is 0 Å². The summed E-state index contributed by atoms with van der Waals surface area (Å²) < 4.78 is 0.572.